The fourth-order valence-electron chi connectivity index (χ4n) is 2.46. The molecule has 1 fully saturated rings. The molecule has 0 bridgehead atoms. The number of aryl methyl sites for hydroxylation is 1. The van der Waals surface area contributed by atoms with E-state index in [9.17, 15) is 4.79 Å². The van der Waals surface area contributed by atoms with Crippen LogP contribution in [0, 0.1) is 0 Å². The monoisotopic (exact) mass is 265 g/mol. The van der Waals surface area contributed by atoms with Crippen molar-refractivity contribution >= 4 is 5.91 Å². The summed E-state index contributed by atoms with van der Waals surface area (Å²) in [6, 6.07) is 0.278. The van der Waals surface area contributed by atoms with E-state index in [1.807, 2.05) is 4.90 Å². The third-order valence-electron chi connectivity index (χ3n) is 3.41. The van der Waals surface area contributed by atoms with Gasteiger partial charge < -0.3 is 10.2 Å². The van der Waals surface area contributed by atoms with Gasteiger partial charge in [-0.3, -0.25) is 9.89 Å². The average Bonchev–Trinajstić information content (AvgIpc) is 3.06. The first-order valence-electron chi connectivity index (χ1n) is 7.19. The standard InChI is InChI=1S/C13H23N5O/c1-3-5-11-15-12(17-16-11)13(19)18(8-4-2)10-6-7-14-9-10/h10,14H,3-9H2,1-2H3,(H,15,16,17). The number of H-pyrrole nitrogens is 1. The van der Waals surface area contributed by atoms with E-state index in [0.29, 0.717) is 5.82 Å². The van der Waals surface area contributed by atoms with Crippen LogP contribution in [-0.4, -0.2) is 51.7 Å². The number of amides is 1. The topological polar surface area (TPSA) is 73.9 Å². The predicted molar refractivity (Wildman–Crippen MR) is 73.0 cm³/mol. The number of nitrogens with one attached hydrogen (secondary N) is 2. The van der Waals surface area contributed by atoms with E-state index in [2.05, 4.69) is 34.3 Å². The van der Waals surface area contributed by atoms with Gasteiger partial charge in [0.25, 0.3) is 5.91 Å². The lowest BCUT2D eigenvalue weighted by Crippen LogP contribution is -2.42. The van der Waals surface area contributed by atoms with E-state index < -0.39 is 0 Å². The Morgan fingerprint density at radius 2 is 2.26 bits per heavy atom. The van der Waals surface area contributed by atoms with Crippen molar-refractivity contribution in [2.75, 3.05) is 19.6 Å². The summed E-state index contributed by atoms with van der Waals surface area (Å²) in [6.45, 7) is 6.79. The number of carbonyl (C=O) groups excluding carboxylic acids is 1. The highest BCUT2D eigenvalue weighted by Crippen LogP contribution is 2.12. The molecule has 1 saturated heterocycles. The lowest BCUT2D eigenvalue weighted by atomic mass is 10.2. The van der Waals surface area contributed by atoms with E-state index in [0.717, 1.165) is 51.1 Å². The van der Waals surface area contributed by atoms with Crippen LogP contribution in [0.25, 0.3) is 0 Å². The molecule has 0 aliphatic carbocycles. The summed E-state index contributed by atoms with van der Waals surface area (Å²) in [4.78, 5) is 18.7. The molecule has 1 aliphatic heterocycles. The van der Waals surface area contributed by atoms with E-state index in [-0.39, 0.29) is 11.9 Å². The lowest BCUT2D eigenvalue weighted by Gasteiger charge is -2.26. The zero-order valence-electron chi connectivity index (χ0n) is 11.8. The number of aromatic nitrogens is 3. The molecule has 0 spiro atoms. The molecule has 1 amide bonds. The molecule has 1 aromatic heterocycles. The van der Waals surface area contributed by atoms with Gasteiger partial charge in [-0.15, -0.1) is 5.10 Å². The molecule has 6 nitrogen and oxygen atoms in total. The van der Waals surface area contributed by atoms with Crippen LogP contribution in [0.3, 0.4) is 0 Å². The SMILES string of the molecule is CCCc1nc(C(=O)N(CCC)C2CCNC2)n[nH]1. The van der Waals surface area contributed by atoms with Crippen molar-refractivity contribution in [3.8, 4) is 0 Å². The summed E-state index contributed by atoms with van der Waals surface area (Å²) in [7, 11) is 0. The molecule has 1 unspecified atom stereocenters. The van der Waals surface area contributed by atoms with Crippen molar-refractivity contribution < 1.29 is 4.79 Å². The minimum atomic E-state index is -0.0471. The molecule has 6 heteroatoms. The Kier molecular flexibility index (Phi) is 4.90. The summed E-state index contributed by atoms with van der Waals surface area (Å²) < 4.78 is 0. The number of aromatic amines is 1. The third-order valence-corrected chi connectivity index (χ3v) is 3.41. The second-order valence-corrected chi connectivity index (χ2v) is 5.00. The zero-order valence-corrected chi connectivity index (χ0v) is 11.8. The molecule has 1 atom stereocenters. The highest BCUT2D eigenvalue weighted by molar-refractivity contribution is 5.90. The first kappa shape index (κ1) is 14.0. The maximum Gasteiger partial charge on any atom is 0.293 e. The van der Waals surface area contributed by atoms with Crippen LogP contribution in [0.1, 0.15) is 49.6 Å². The van der Waals surface area contributed by atoms with E-state index in [4.69, 9.17) is 0 Å². The van der Waals surface area contributed by atoms with Gasteiger partial charge in [-0.25, -0.2) is 4.98 Å². The molecule has 0 radical (unpaired) electrons. The summed E-state index contributed by atoms with van der Waals surface area (Å²) in [6.07, 6.45) is 3.79. The number of rotatable bonds is 6. The van der Waals surface area contributed by atoms with Crippen molar-refractivity contribution in [1.29, 1.82) is 0 Å². The lowest BCUT2D eigenvalue weighted by molar-refractivity contribution is 0.0680. The smallest absolute Gasteiger partial charge is 0.293 e. The van der Waals surface area contributed by atoms with Crippen LogP contribution >= 0.6 is 0 Å². The number of carbonyl (C=O) groups is 1. The molecule has 106 valence electrons. The number of hydrogen-bond donors (Lipinski definition) is 2. The summed E-state index contributed by atoms with van der Waals surface area (Å²) in [5, 5.41) is 10.2. The molecule has 0 saturated carbocycles. The van der Waals surface area contributed by atoms with Crippen molar-refractivity contribution in [3.05, 3.63) is 11.6 Å². The van der Waals surface area contributed by atoms with Gasteiger partial charge >= 0.3 is 0 Å². The molecule has 0 aromatic carbocycles. The molecule has 1 aromatic rings. The van der Waals surface area contributed by atoms with Gasteiger partial charge in [-0.1, -0.05) is 13.8 Å². The second kappa shape index (κ2) is 6.65. The van der Waals surface area contributed by atoms with Crippen molar-refractivity contribution in [1.82, 2.24) is 25.4 Å². The van der Waals surface area contributed by atoms with Gasteiger partial charge in [0.1, 0.15) is 5.82 Å². The Morgan fingerprint density at radius 3 is 2.89 bits per heavy atom. The minimum absolute atomic E-state index is 0.0471. The van der Waals surface area contributed by atoms with Crippen LogP contribution < -0.4 is 5.32 Å². The van der Waals surface area contributed by atoms with Crippen LogP contribution in [-0.2, 0) is 6.42 Å². The molecule has 2 N–H and O–H groups in total. The maximum atomic E-state index is 12.5. The van der Waals surface area contributed by atoms with Gasteiger partial charge in [0.15, 0.2) is 0 Å². The molecule has 2 heterocycles. The third kappa shape index (κ3) is 3.32. The Bertz CT molecular complexity index is 411. The van der Waals surface area contributed by atoms with Crippen LogP contribution in [0.4, 0.5) is 0 Å². The summed E-state index contributed by atoms with van der Waals surface area (Å²) in [5.74, 6) is 1.06. The zero-order chi connectivity index (χ0) is 13.7. The molecular formula is C13H23N5O. The van der Waals surface area contributed by atoms with Gasteiger partial charge in [-0.05, 0) is 25.8 Å². The Morgan fingerprint density at radius 1 is 1.42 bits per heavy atom. The van der Waals surface area contributed by atoms with Gasteiger partial charge in [0.2, 0.25) is 5.82 Å². The van der Waals surface area contributed by atoms with E-state index in [1.54, 1.807) is 0 Å². The van der Waals surface area contributed by atoms with Crippen molar-refractivity contribution in [3.63, 3.8) is 0 Å². The fourth-order valence-corrected chi connectivity index (χ4v) is 2.46. The normalized spacial score (nSPS) is 18.7. The van der Waals surface area contributed by atoms with Gasteiger partial charge in [0.05, 0.1) is 0 Å². The highest BCUT2D eigenvalue weighted by Gasteiger charge is 2.28. The molecular weight excluding hydrogens is 242 g/mol. The Hall–Kier alpha value is -1.43. The van der Waals surface area contributed by atoms with Crippen molar-refractivity contribution in [2.24, 2.45) is 0 Å². The van der Waals surface area contributed by atoms with Gasteiger partial charge in [-0.2, -0.15) is 0 Å². The molecule has 2 rings (SSSR count). The molecule has 1 aliphatic rings. The summed E-state index contributed by atoms with van der Waals surface area (Å²) >= 11 is 0. The summed E-state index contributed by atoms with van der Waals surface area (Å²) in [5.41, 5.74) is 0. The first-order valence-corrected chi connectivity index (χ1v) is 7.19. The Balaban J connectivity index is 2.08. The minimum Gasteiger partial charge on any atom is -0.332 e. The van der Waals surface area contributed by atoms with E-state index in [1.165, 1.54) is 0 Å². The quantitative estimate of drug-likeness (QED) is 0.804. The van der Waals surface area contributed by atoms with Gasteiger partial charge in [0, 0.05) is 25.6 Å². The molecule has 19 heavy (non-hydrogen) atoms. The first-order chi connectivity index (χ1) is 9.26. The van der Waals surface area contributed by atoms with Crippen LogP contribution in [0.15, 0.2) is 0 Å². The highest BCUT2D eigenvalue weighted by atomic mass is 16.2. The van der Waals surface area contributed by atoms with Crippen LogP contribution in [0.5, 0.6) is 0 Å². The van der Waals surface area contributed by atoms with E-state index >= 15 is 0 Å². The average molecular weight is 265 g/mol. The van der Waals surface area contributed by atoms with Crippen LogP contribution in [0.2, 0.25) is 0 Å². The predicted octanol–water partition coefficient (Wildman–Crippen LogP) is 0.971. The number of nitrogens with zero attached hydrogens (tertiary/aromatic N) is 3. The fraction of sp³-hybridized carbons (Fsp3) is 0.769. The van der Waals surface area contributed by atoms with Crippen molar-refractivity contribution in [2.45, 2.75) is 45.6 Å². The largest absolute Gasteiger partial charge is 0.332 e. The number of hydrogen-bond acceptors (Lipinski definition) is 4. The maximum absolute atomic E-state index is 12.5. The Labute approximate surface area is 114 Å². The second-order valence-electron chi connectivity index (χ2n) is 5.00.